The van der Waals surface area contributed by atoms with Gasteiger partial charge in [0.15, 0.2) is 0 Å². The van der Waals surface area contributed by atoms with Crippen LogP contribution in [0.15, 0.2) is 40.9 Å². The number of halogens is 3. The number of hydrogen-bond acceptors (Lipinski definition) is 6. The van der Waals surface area contributed by atoms with Crippen LogP contribution in [0.25, 0.3) is 11.4 Å². The Morgan fingerprint density at radius 1 is 1.03 bits per heavy atom. The molecule has 7 nitrogen and oxygen atoms in total. The van der Waals surface area contributed by atoms with Crippen LogP contribution in [0.4, 0.5) is 5.69 Å². The summed E-state index contributed by atoms with van der Waals surface area (Å²) in [5.41, 5.74) is 3.02. The summed E-state index contributed by atoms with van der Waals surface area (Å²) in [5.74, 6) is 1.16. The number of hydrogen-bond donors (Lipinski definition) is 0. The van der Waals surface area contributed by atoms with Crippen LogP contribution in [-0.4, -0.2) is 65.1 Å². The van der Waals surface area contributed by atoms with Gasteiger partial charge in [-0.25, -0.2) is 0 Å². The predicted octanol–water partition coefficient (Wildman–Crippen LogP) is 5.57. The maximum atomic E-state index is 13.4. The normalized spacial score (nSPS) is 19.1. The first-order chi connectivity index (χ1) is 17.4. The van der Waals surface area contributed by atoms with Gasteiger partial charge in [0.05, 0.1) is 17.5 Å². The van der Waals surface area contributed by atoms with Crippen LogP contribution in [0.5, 0.6) is 0 Å². The largest absolute Gasteiger partial charge is 0.368 e. The molecule has 0 N–H and O–H groups in total. The lowest BCUT2D eigenvalue weighted by molar-refractivity contribution is -0.137. The minimum Gasteiger partial charge on any atom is -0.368 e. The standard InChI is InChI=1S/C26H28Cl3N5O2/c1-17-4-5-20(28)14-23(17)33-9-11-34(12-10-33)26(35)18-3-2-8-32(15-18)16-24-30-25(31-36-24)21-7-6-19(27)13-22(21)29/h4-7,13-14,18H,2-3,8-12,15-16H2,1H3. The highest BCUT2D eigenvalue weighted by Crippen LogP contribution is 2.29. The van der Waals surface area contributed by atoms with Gasteiger partial charge in [-0.3, -0.25) is 9.69 Å². The average Bonchev–Trinajstić information content (AvgIpc) is 3.33. The number of piperazine rings is 1. The molecule has 1 aromatic heterocycles. The lowest BCUT2D eigenvalue weighted by atomic mass is 9.96. The molecule has 2 aliphatic heterocycles. The Hall–Kier alpha value is -2.32. The van der Waals surface area contributed by atoms with Gasteiger partial charge in [0.25, 0.3) is 0 Å². The molecular weight excluding hydrogens is 521 g/mol. The van der Waals surface area contributed by atoms with Gasteiger partial charge >= 0.3 is 0 Å². The fourth-order valence-corrected chi connectivity index (χ4v) is 5.70. The van der Waals surface area contributed by atoms with E-state index in [9.17, 15) is 4.79 Å². The van der Waals surface area contributed by atoms with E-state index >= 15 is 0 Å². The van der Waals surface area contributed by atoms with Gasteiger partial charge in [0.2, 0.25) is 17.6 Å². The van der Waals surface area contributed by atoms with E-state index in [0.717, 1.165) is 56.3 Å². The highest BCUT2D eigenvalue weighted by Gasteiger charge is 2.32. The molecule has 0 saturated carbocycles. The van der Waals surface area contributed by atoms with E-state index in [0.29, 0.717) is 40.4 Å². The molecule has 36 heavy (non-hydrogen) atoms. The van der Waals surface area contributed by atoms with Crippen LogP contribution in [0.1, 0.15) is 24.3 Å². The Bertz CT molecular complexity index is 1240. The maximum Gasteiger partial charge on any atom is 0.241 e. The van der Waals surface area contributed by atoms with Gasteiger partial charge in [0, 0.05) is 54.0 Å². The molecule has 10 heteroatoms. The van der Waals surface area contributed by atoms with Crippen molar-refractivity contribution in [1.29, 1.82) is 0 Å². The van der Waals surface area contributed by atoms with Gasteiger partial charge in [-0.1, -0.05) is 46.0 Å². The number of aromatic nitrogens is 2. The number of benzene rings is 2. The van der Waals surface area contributed by atoms with Crippen LogP contribution in [-0.2, 0) is 11.3 Å². The van der Waals surface area contributed by atoms with E-state index < -0.39 is 0 Å². The molecule has 1 atom stereocenters. The van der Waals surface area contributed by atoms with Crippen molar-refractivity contribution in [2.75, 3.05) is 44.2 Å². The van der Waals surface area contributed by atoms with Crippen molar-refractivity contribution < 1.29 is 9.32 Å². The lowest BCUT2D eigenvalue weighted by Gasteiger charge is -2.40. The molecule has 2 saturated heterocycles. The van der Waals surface area contributed by atoms with Crippen LogP contribution in [0.2, 0.25) is 15.1 Å². The fourth-order valence-electron chi connectivity index (χ4n) is 5.04. The van der Waals surface area contributed by atoms with Crippen LogP contribution >= 0.6 is 34.8 Å². The number of likely N-dealkylation sites (tertiary alicyclic amines) is 1. The highest BCUT2D eigenvalue weighted by atomic mass is 35.5. The Morgan fingerprint density at radius 3 is 2.56 bits per heavy atom. The smallest absolute Gasteiger partial charge is 0.241 e. The van der Waals surface area contributed by atoms with E-state index in [-0.39, 0.29) is 11.8 Å². The van der Waals surface area contributed by atoms with E-state index in [1.165, 1.54) is 5.56 Å². The second kappa shape index (κ2) is 11.0. The number of nitrogens with zero attached hydrogens (tertiary/aromatic N) is 5. The molecule has 2 fully saturated rings. The second-order valence-corrected chi connectivity index (χ2v) is 10.7. The molecule has 0 aliphatic carbocycles. The minimum atomic E-state index is -0.0219. The van der Waals surface area contributed by atoms with Gasteiger partial charge in [-0.15, -0.1) is 0 Å². The number of carbonyl (C=O) groups excluding carboxylic acids is 1. The summed E-state index contributed by atoms with van der Waals surface area (Å²) in [5, 5.41) is 5.85. The molecule has 190 valence electrons. The third-order valence-corrected chi connectivity index (χ3v) is 7.74. The first-order valence-corrected chi connectivity index (χ1v) is 13.3. The summed E-state index contributed by atoms with van der Waals surface area (Å²) in [4.78, 5) is 24.4. The number of piperidine rings is 1. The summed E-state index contributed by atoms with van der Waals surface area (Å²) in [6.07, 6.45) is 1.86. The molecule has 1 unspecified atom stereocenters. The average molecular weight is 549 g/mol. The lowest BCUT2D eigenvalue weighted by Crippen LogP contribution is -2.52. The van der Waals surface area contributed by atoms with Crippen molar-refractivity contribution in [1.82, 2.24) is 19.9 Å². The minimum absolute atomic E-state index is 0.0219. The van der Waals surface area contributed by atoms with Gasteiger partial charge in [-0.05, 0) is 62.2 Å². The molecule has 3 heterocycles. The molecule has 5 rings (SSSR count). The van der Waals surface area contributed by atoms with Crippen molar-refractivity contribution in [3.8, 4) is 11.4 Å². The van der Waals surface area contributed by atoms with Gasteiger partial charge < -0.3 is 14.3 Å². The molecule has 0 bridgehead atoms. The van der Waals surface area contributed by atoms with Crippen LogP contribution in [0.3, 0.4) is 0 Å². The third-order valence-electron chi connectivity index (χ3n) is 6.96. The number of anilines is 1. The Kier molecular flexibility index (Phi) is 7.72. The molecule has 2 aromatic carbocycles. The summed E-state index contributed by atoms with van der Waals surface area (Å²) >= 11 is 18.5. The first-order valence-electron chi connectivity index (χ1n) is 12.2. The fraction of sp³-hybridized carbons (Fsp3) is 0.423. The van der Waals surface area contributed by atoms with E-state index in [2.05, 4.69) is 26.9 Å². The number of amides is 1. The number of aryl methyl sites for hydroxylation is 1. The van der Waals surface area contributed by atoms with Crippen LogP contribution in [0, 0.1) is 12.8 Å². The molecule has 1 amide bonds. The topological polar surface area (TPSA) is 65.7 Å². The van der Waals surface area contributed by atoms with Crippen molar-refractivity contribution >= 4 is 46.4 Å². The summed E-state index contributed by atoms with van der Waals surface area (Å²) < 4.78 is 5.49. The highest BCUT2D eigenvalue weighted by molar-refractivity contribution is 6.36. The molecule has 0 spiro atoms. The van der Waals surface area contributed by atoms with Crippen molar-refractivity contribution in [2.45, 2.75) is 26.3 Å². The number of carbonyl (C=O) groups is 1. The van der Waals surface area contributed by atoms with E-state index in [1.807, 2.05) is 23.1 Å². The summed E-state index contributed by atoms with van der Waals surface area (Å²) in [6.45, 7) is 7.23. The Morgan fingerprint density at radius 2 is 1.78 bits per heavy atom. The van der Waals surface area contributed by atoms with E-state index in [4.69, 9.17) is 39.3 Å². The first kappa shape index (κ1) is 25.3. The maximum absolute atomic E-state index is 13.4. The van der Waals surface area contributed by atoms with Crippen molar-refractivity contribution in [3.05, 3.63) is 62.9 Å². The monoisotopic (exact) mass is 547 g/mol. The van der Waals surface area contributed by atoms with Gasteiger partial charge in [-0.2, -0.15) is 4.98 Å². The molecule has 0 radical (unpaired) electrons. The molecule has 3 aromatic rings. The van der Waals surface area contributed by atoms with Crippen LogP contribution < -0.4 is 4.90 Å². The third kappa shape index (κ3) is 5.65. The zero-order chi connectivity index (χ0) is 25.2. The van der Waals surface area contributed by atoms with Crippen molar-refractivity contribution in [3.63, 3.8) is 0 Å². The zero-order valence-corrected chi connectivity index (χ0v) is 22.4. The van der Waals surface area contributed by atoms with Crippen molar-refractivity contribution in [2.24, 2.45) is 5.92 Å². The Labute approximate surface area is 225 Å². The molecule has 2 aliphatic rings. The van der Waals surface area contributed by atoms with Gasteiger partial charge in [0.1, 0.15) is 0 Å². The molecular formula is C26H28Cl3N5O2. The summed E-state index contributed by atoms with van der Waals surface area (Å²) in [7, 11) is 0. The van der Waals surface area contributed by atoms with E-state index in [1.54, 1.807) is 18.2 Å². The summed E-state index contributed by atoms with van der Waals surface area (Å²) in [6, 6.07) is 11.2. The SMILES string of the molecule is Cc1ccc(Cl)cc1N1CCN(C(=O)C2CCCN(Cc3nc(-c4ccc(Cl)cc4Cl)no3)C2)CC1. The zero-order valence-electron chi connectivity index (χ0n) is 20.1. The predicted molar refractivity (Wildman–Crippen MR) is 143 cm³/mol. The second-order valence-electron chi connectivity index (χ2n) is 9.45. The number of rotatable bonds is 5. The quantitative estimate of drug-likeness (QED) is 0.416. The Balaban J connectivity index is 1.17.